The number of nitrogens with one attached hydrogen (secondary N) is 2. The van der Waals surface area contributed by atoms with Gasteiger partial charge in [0.05, 0.1) is 18.9 Å². The van der Waals surface area contributed by atoms with E-state index < -0.39 is 0 Å². The highest BCUT2D eigenvalue weighted by atomic mass is 32.1. The van der Waals surface area contributed by atoms with E-state index in [2.05, 4.69) is 80.8 Å². The lowest BCUT2D eigenvalue weighted by atomic mass is 10.1. The minimum Gasteiger partial charge on any atom is -0.379 e. The molecule has 1 fully saturated rings. The second-order valence-corrected chi connectivity index (χ2v) is 9.17. The molecular weight excluding hydrogens is 416 g/mol. The van der Waals surface area contributed by atoms with Gasteiger partial charge in [-0.3, -0.25) is 4.90 Å². The summed E-state index contributed by atoms with van der Waals surface area (Å²) in [4.78, 5) is 12.6. The average Bonchev–Trinajstić information content (AvgIpc) is 3.49. The summed E-state index contributed by atoms with van der Waals surface area (Å²) in [6.45, 7) is 4.67. The Morgan fingerprint density at radius 3 is 2.69 bits per heavy atom. The number of aromatic amines is 1. The van der Waals surface area contributed by atoms with Crippen molar-refractivity contribution in [3.05, 3.63) is 78.6 Å². The number of nitrogens with zero attached hydrogens (tertiary/aromatic N) is 2. The Labute approximate surface area is 190 Å². The van der Waals surface area contributed by atoms with Gasteiger partial charge in [-0.2, -0.15) is 0 Å². The fraction of sp³-hybridized carbons (Fsp3) is 0.192. The maximum absolute atomic E-state index is 5.45. The highest BCUT2D eigenvalue weighted by molar-refractivity contribution is 7.21. The maximum Gasteiger partial charge on any atom is 0.125 e. The van der Waals surface area contributed by atoms with E-state index in [1.807, 2.05) is 12.4 Å². The van der Waals surface area contributed by atoms with Crippen molar-refractivity contribution in [2.45, 2.75) is 6.54 Å². The Balaban J connectivity index is 1.28. The summed E-state index contributed by atoms with van der Waals surface area (Å²) in [6.07, 6.45) is 3.86. The maximum atomic E-state index is 5.45. The topological polar surface area (TPSA) is 53.2 Å². The Bertz CT molecular complexity index is 1370. The molecular formula is C26H24N4OS. The van der Waals surface area contributed by atoms with E-state index in [9.17, 15) is 0 Å². The minimum absolute atomic E-state index is 0.835. The Morgan fingerprint density at radius 2 is 1.81 bits per heavy atom. The van der Waals surface area contributed by atoms with Crippen molar-refractivity contribution in [2.75, 3.05) is 31.6 Å². The molecule has 0 bridgehead atoms. The van der Waals surface area contributed by atoms with Gasteiger partial charge in [0.25, 0.3) is 0 Å². The van der Waals surface area contributed by atoms with Crippen LogP contribution in [0.4, 0.5) is 11.4 Å². The predicted molar refractivity (Wildman–Crippen MR) is 133 cm³/mol. The van der Waals surface area contributed by atoms with Crippen LogP contribution in [0, 0.1) is 0 Å². The number of ether oxygens (including phenoxy) is 1. The van der Waals surface area contributed by atoms with Gasteiger partial charge < -0.3 is 15.0 Å². The van der Waals surface area contributed by atoms with Crippen LogP contribution in [0.5, 0.6) is 0 Å². The Hall–Kier alpha value is -3.19. The van der Waals surface area contributed by atoms with Gasteiger partial charge in [0.1, 0.15) is 4.83 Å². The summed E-state index contributed by atoms with van der Waals surface area (Å²) in [5.41, 5.74) is 5.88. The zero-order valence-electron chi connectivity index (χ0n) is 17.7. The molecule has 2 aromatic carbocycles. The summed E-state index contributed by atoms with van der Waals surface area (Å²) in [5, 5.41) is 5.96. The van der Waals surface area contributed by atoms with E-state index in [4.69, 9.17) is 4.74 Å². The van der Waals surface area contributed by atoms with Crippen molar-refractivity contribution in [2.24, 2.45) is 0 Å². The molecule has 3 aromatic heterocycles. The van der Waals surface area contributed by atoms with Crippen molar-refractivity contribution < 1.29 is 4.74 Å². The Kier molecular flexibility index (Phi) is 5.11. The van der Waals surface area contributed by atoms with Crippen molar-refractivity contribution >= 4 is 43.8 Å². The van der Waals surface area contributed by atoms with Crippen LogP contribution in [0.3, 0.4) is 0 Å². The van der Waals surface area contributed by atoms with Crippen LogP contribution in [0.25, 0.3) is 31.6 Å². The zero-order chi connectivity index (χ0) is 21.3. The quantitative estimate of drug-likeness (QED) is 0.351. The van der Waals surface area contributed by atoms with E-state index in [1.54, 1.807) is 11.3 Å². The summed E-state index contributed by atoms with van der Waals surface area (Å²) < 4.78 is 5.45. The molecule has 0 spiro atoms. The Morgan fingerprint density at radius 1 is 0.969 bits per heavy atom. The number of rotatable bonds is 5. The molecule has 160 valence electrons. The molecule has 2 N–H and O–H groups in total. The van der Waals surface area contributed by atoms with Crippen molar-refractivity contribution in [3.63, 3.8) is 0 Å². The van der Waals surface area contributed by atoms with Crippen LogP contribution in [0.15, 0.2) is 73.1 Å². The van der Waals surface area contributed by atoms with Gasteiger partial charge in [0, 0.05) is 58.9 Å². The van der Waals surface area contributed by atoms with Gasteiger partial charge in [-0.05, 0) is 41.5 Å². The van der Waals surface area contributed by atoms with Crippen molar-refractivity contribution in [1.29, 1.82) is 0 Å². The number of fused-ring (bicyclic) bond motifs is 2. The van der Waals surface area contributed by atoms with Gasteiger partial charge in [-0.15, -0.1) is 11.3 Å². The fourth-order valence-corrected chi connectivity index (χ4v) is 5.35. The predicted octanol–water partition coefficient (Wildman–Crippen LogP) is 6.02. The molecule has 0 aliphatic carbocycles. The normalized spacial score (nSPS) is 14.9. The third-order valence-corrected chi connectivity index (χ3v) is 7.14. The minimum atomic E-state index is 0.835. The van der Waals surface area contributed by atoms with Crippen LogP contribution in [-0.2, 0) is 11.3 Å². The number of hydrogen-bond donors (Lipinski definition) is 2. The van der Waals surface area contributed by atoms with Gasteiger partial charge >= 0.3 is 0 Å². The van der Waals surface area contributed by atoms with Crippen LogP contribution in [-0.4, -0.2) is 41.2 Å². The lowest BCUT2D eigenvalue weighted by Gasteiger charge is -2.26. The first-order valence-corrected chi connectivity index (χ1v) is 11.8. The molecule has 0 atom stereocenters. The molecule has 0 saturated carbocycles. The summed E-state index contributed by atoms with van der Waals surface area (Å²) in [5.74, 6) is 0. The first kappa shape index (κ1) is 19.5. The molecule has 6 heteroatoms. The molecule has 4 heterocycles. The highest BCUT2D eigenvalue weighted by Crippen LogP contribution is 2.37. The molecule has 1 saturated heterocycles. The highest BCUT2D eigenvalue weighted by Gasteiger charge is 2.13. The standard InChI is InChI=1S/C26H24N4OS/c1-2-22-20(8-10-27-22)23(3-1)29-24-9-11-28-26-21(24)16-25(32-26)19-6-4-18(5-7-19)17-30-12-14-31-15-13-30/h1-11,16,27H,12-15,17H2,(H,28,29). The molecule has 5 aromatic rings. The summed E-state index contributed by atoms with van der Waals surface area (Å²) in [7, 11) is 0. The van der Waals surface area contributed by atoms with E-state index in [0.29, 0.717) is 0 Å². The summed E-state index contributed by atoms with van der Waals surface area (Å²) >= 11 is 1.74. The second-order valence-electron chi connectivity index (χ2n) is 8.14. The second kappa shape index (κ2) is 8.39. The van der Waals surface area contributed by atoms with Crippen LogP contribution in [0.1, 0.15) is 5.56 Å². The number of aromatic nitrogens is 2. The van der Waals surface area contributed by atoms with Gasteiger partial charge in [0.2, 0.25) is 0 Å². The summed E-state index contributed by atoms with van der Waals surface area (Å²) in [6, 6.07) is 21.6. The molecule has 1 aliphatic rings. The van der Waals surface area contributed by atoms with E-state index in [0.717, 1.165) is 60.0 Å². The molecule has 1 aliphatic heterocycles. The SMILES string of the molecule is c1cc(Nc2ccnc3sc(-c4ccc(CN5CCOCC5)cc4)cc23)c2cc[nH]c2c1. The number of H-pyrrole nitrogens is 1. The number of hydrogen-bond acceptors (Lipinski definition) is 5. The van der Waals surface area contributed by atoms with E-state index in [-0.39, 0.29) is 0 Å². The molecule has 6 rings (SSSR count). The molecule has 0 unspecified atom stereocenters. The zero-order valence-corrected chi connectivity index (χ0v) is 18.5. The smallest absolute Gasteiger partial charge is 0.125 e. The third kappa shape index (κ3) is 3.77. The van der Waals surface area contributed by atoms with Crippen LogP contribution < -0.4 is 5.32 Å². The van der Waals surface area contributed by atoms with E-state index in [1.165, 1.54) is 21.4 Å². The molecule has 32 heavy (non-hydrogen) atoms. The molecule has 5 nitrogen and oxygen atoms in total. The number of anilines is 2. The first-order valence-electron chi connectivity index (χ1n) is 10.9. The van der Waals surface area contributed by atoms with Crippen molar-refractivity contribution in [1.82, 2.24) is 14.9 Å². The molecule has 0 amide bonds. The van der Waals surface area contributed by atoms with E-state index >= 15 is 0 Å². The molecule has 0 radical (unpaired) electrons. The van der Waals surface area contributed by atoms with Gasteiger partial charge in [-0.1, -0.05) is 30.3 Å². The lowest BCUT2D eigenvalue weighted by molar-refractivity contribution is 0.0342. The number of thiophene rings is 1. The largest absolute Gasteiger partial charge is 0.379 e. The number of benzene rings is 2. The number of morpholine rings is 1. The van der Waals surface area contributed by atoms with Crippen LogP contribution in [0.2, 0.25) is 0 Å². The van der Waals surface area contributed by atoms with Crippen LogP contribution >= 0.6 is 11.3 Å². The third-order valence-electron chi connectivity index (χ3n) is 6.05. The first-order chi connectivity index (χ1) is 15.8. The number of pyridine rings is 1. The monoisotopic (exact) mass is 440 g/mol. The van der Waals surface area contributed by atoms with Crippen molar-refractivity contribution in [3.8, 4) is 10.4 Å². The van der Waals surface area contributed by atoms with Gasteiger partial charge in [0.15, 0.2) is 0 Å². The lowest BCUT2D eigenvalue weighted by Crippen LogP contribution is -2.35. The van der Waals surface area contributed by atoms with Gasteiger partial charge in [-0.25, -0.2) is 4.98 Å². The average molecular weight is 441 g/mol. The fourth-order valence-electron chi connectivity index (χ4n) is 4.32.